The Bertz CT molecular complexity index is 374. The van der Waals surface area contributed by atoms with E-state index < -0.39 is 5.41 Å². The van der Waals surface area contributed by atoms with Crippen molar-refractivity contribution in [3.63, 3.8) is 0 Å². The van der Waals surface area contributed by atoms with Crippen LogP contribution in [0.25, 0.3) is 0 Å². The van der Waals surface area contributed by atoms with Gasteiger partial charge in [0.2, 0.25) is 5.91 Å². The number of hydrogen-bond acceptors (Lipinski definition) is 3. The number of amides is 1. The monoisotopic (exact) mass is 253 g/mol. The Labute approximate surface area is 108 Å². The van der Waals surface area contributed by atoms with Crippen LogP contribution in [0.5, 0.6) is 0 Å². The third kappa shape index (κ3) is 1.85. The van der Waals surface area contributed by atoms with E-state index in [1.54, 1.807) is 0 Å². The zero-order valence-corrected chi connectivity index (χ0v) is 11.4. The van der Waals surface area contributed by atoms with E-state index in [0.717, 1.165) is 13.0 Å². The van der Waals surface area contributed by atoms with Crippen LogP contribution in [0, 0.1) is 17.3 Å². The second-order valence-corrected chi connectivity index (χ2v) is 6.23. The lowest BCUT2D eigenvalue weighted by molar-refractivity contribution is -0.145. The molecule has 0 bridgehead atoms. The van der Waals surface area contributed by atoms with E-state index in [9.17, 15) is 4.79 Å². The summed E-state index contributed by atoms with van der Waals surface area (Å²) in [6, 6.07) is 0.256. The predicted molar refractivity (Wildman–Crippen MR) is 69.2 cm³/mol. The molecule has 1 aliphatic heterocycles. The van der Waals surface area contributed by atoms with Gasteiger partial charge in [-0.1, -0.05) is 19.0 Å². The number of nitrogens with two attached hydrogens (primary N) is 1. The summed E-state index contributed by atoms with van der Waals surface area (Å²) in [5.74, 6) is 1.13. The quantitative estimate of drug-likeness (QED) is 0.338. The third-order valence-corrected chi connectivity index (χ3v) is 4.45. The standard InChI is InChI=1S/C13H23N3O2/c1-8-4-10(3)16(7-8)12(17)13(11(14)15-18)5-9(2)6-13/h8-10,18H,4-7H2,1-3H3,(H2,14,15). The summed E-state index contributed by atoms with van der Waals surface area (Å²) in [6.45, 7) is 7.11. The van der Waals surface area contributed by atoms with Gasteiger partial charge in [-0.05, 0) is 38.0 Å². The number of rotatable bonds is 2. The van der Waals surface area contributed by atoms with Crippen molar-refractivity contribution in [1.29, 1.82) is 0 Å². The highest BCUT2D eigenvalue weighted by Gasteiger charge is 2.55. The van der Waals surface area contributed by atoms with Crippen molar-refractivity contribution in [3.05, 3.63) is 0 Å². The zero-order valence-electron chi connectivity index (χ0n) is 11.4. The van der Waals surface area contributed by atoms with Gasteiger partial charge in [0.05, 0.1) is 0 Å². The Morgan fingerprint density at radius 1 is 1.33 bits per heavy atom. The van der Waals surface area contributed by atoms with E-state index in [2.05, 4.69) is 25.9 Å². The van der Waals surface area contributed by atoms with Gasteiger partial charge in [0.15, 0.2) is 5.84 Å². The fraction of sp³-hybridized carbons (Fsp3) is 0.846. The van der Waals surface area contributed by atoms with Gasteiger partial charge in [-0.25, -0.2) is 0 Å². The van der Waals surface area contributed by atoms with E-state index in [1.807, 2.05) is 4.90 Å². The Morgan fingerprint density at radius 3 is 2.33 bits per heavy atom. The number of hydrogen-bond donors (Lipinski definition) is 2. The highest BCUT2D eigenvalue weighted by atomic mass is 16.4. The Kier molecular flexibility index (Phi) is 3.25. The minimum absolute atomic E-state index is 0.0488. The van der Waals surface area contributed by atoms with Crippen molar-refractivity contribution in [1.82, 2.24) is 4.90 Å². The van der Waals surface area contributed by atoms with E-state index in [0.29, 0.717) is 24.7 Å². The van der Waals surface area contributed by atoms with Crippen LogP contribution in [0.2, 0.25) is 0 Å². The largest absolute Gasteiger partial charge is 0.409 e. The first-order valence-electron chi connectivity index (χ1n) is 6.69. The summed E-state index contributed by atoms with van der Waals surface area (Å²) in [5.41, 5.74) is 5.03. The van der Waals surface area contributed by atoms with Crippen molar-refractivity contribution in [2.75, 3.05) is 6.54 Å². The molecule has 1 amide bonds. The summed E-state index contributed by atoms with van der Waals surface area (Å²) >= 11 is 0. The molecule has 2 fully saturated rings. The number of oxime groups is 1. The molecule has 102 valence electrons. The van der Waals surface area contributed by atoms with Gasteiger partial charge in [0.1, 0.15) is 5.41 Å². The summed E-state index contributed by atoms with van der Waals surface area (Å²) in [4.78, 5) is 14.6. The van der Waals surface area contributed by atoms with Crippen molar-refractivity contribution < 1.29 is 10.0 Å². The summed E-state index contributed by atoms with van der Waals surface area (Å²) in [6.07, 6.45) is 2.42. The van der Waals surface area contributed by atoms with Crippen LogP contribution >= 0.6 is 0 Å². The van der Waals surface area contributed by atoms with Gasteiger partial charge in [-0.3, -0.25) is 4.79 Å². The molecule has 0 aromatic heterocycles. The molecule has 5 heteroatoms. The van der Waals surface area contributed by atoms with Gasteiger partial charge in [-0.15, -0.1) is 0 Å². The Morgan fingerprint density at radius 2 is 1.94 bits per heavy atom. The van der Waals surface area contributed by atoms with E-state index in [1.165, 1.54) is 0 Å². The summed E-state index contributed by atoms with van der Waals surface area (Å²) in [5, 5.41) is 12.0. The second kappa shape index (κ2) is 4.44. The van der Waals surface area contributed by atoms with Crippen LogP contribution in [0.3, 0.4) is 0 Å². The second-order valence-electron chi connectivity index (χ2n) is 6.23. The molecule has 2 aliphatic rings. The maximum Gasteiger partial charge on any atom is 0.236 e. The minimum atomic E-state index is -0.744. The van der Waals surface area contributed by atoms with Crippen LogP contribution in [-0.4, -0.2) is 34.4 Å². The normalized spacial score (nSPS) is 40.7. The number of nitrogens with zero attached hydrogens (tertiary/aromatic N) is 2. The van der Waals surface area contributed by atoms with Gasteiger partial charge >= 0.3 is 0 Å². The fourth-order valence-corrected chi connectivity index (χ4v) is 3.58. The highest BCUT2D eigenvalue weighted by Crippen LogP contribution is 2.48. The topological polar surface area (TPSA) is 78.9 Å². The SMILES string of the molecule is CC1CC(C)N(C(=O)C2(C(N)=NO)CC(C)C2)C1. The van der Waals surface area contributed by atoms with Crippen molar-refractivity contribution in [3.8, 4) is 0 Å². The molecule has 5 nitrogen and oxygen atoms in total. The Hall–Kier alpha value is -1.26. The lowest BCUT2D eigenvalue weighted by Crippen LogP contribution is -2.58. The molecule has 1 aliphatic carbocycles. The van der Waals surface area contributed by atoms with Crippen LogP contribution < -0.4 is 5.73 Å². The average Bonchev–Trinajstić information content (AvgIpc) is 2.62. The van der Waals surface area contributed by atoms with Crippen LogP contribution in [-0.2, 0) is 4.79 Å². The number of likely N-dealkylation sites (tertiary alicyclic amines) is 1. The lowest BCUT2D eigenvalue weighted by atomic mass is 9.61. The summed E-state index contributed by atoms with van der Waals surface area (Å²) in [7, 11) is 0. The molecular weight excluding hydrogens is 230 g/mol. The maximum atomic E-state index is 12.7. The number of carbonyl (C=O) groups is 1. The van der Waals surface area contributed by atoms with Gasteiger partial charge in [0.25, 0.3) is 0 Å². The maximum absolute atomic E-state index is 12.7. The number of carbonyl (C=O) groups excluding carboxylic acids is 1. The fourth-order valence-electron chi connectivity index (χ4n) is 3.58. The van der Waals surface area contributed by atoms with Crippen LogP contribution in [0.4, 0.5) is 0 Å². The first-order valence-corrected chi connectivity index (χ1v) is 6.69. The molecule has 2 atom stereocenters. The van der Waals surface area contributed by atoms with Crippen LogP contribution in [0.1, 0.15) is 40.0 Å². The van der Waals surface area contributed by atoms with Gasteiger partial charge in [0, 0.05) is 12.6 Å². The molecule has 3 N–H and O–H groups in total. The lowest BCUT2D eigenvalue weighted by Gasteiger charge is -2.46. The molecule has 2 rings (SSSR count). The average molecular weight is 253 g/mol. The summed E-state index contributed by atoms with van der Waals surface area (Å²) < 4.78 is 0. The molecule has 1 saturated carbocycles. The molecule has 1 saturated heterocycles. The molecular formula is C13H23N3O2. The predicted octanol–water partition coefficient (Wildman–Crippen LogP) is 1.41. The van der Waals surface area contributed by atoms with Crippen molar-refractivity contribution >= 4 is 11.7 Å². The van der Waals surface area contributed by atoms with E-state index in [-0.39, 0.29) is 17.8 Å². The zero-order chi connectivity index (χ0) is 13.5. The molecule has 2 unspecified atom stereocenters. The molecule has 0 spiro atoms. The van der Waals surface area contributed by atoms with E-state index in [4.69, 9.17) is 10.9 Å². The highest BCUT2D eigenvalue weighted by molar-refractivity contribution is 6.07. The van der Waals surface area contributed by atoms with Crippen LogP contribution in [0.15, 0.2) is 5.16 Å². The molecule has 18 heavy (non-hydrogen) atoms. The van der Waals surface area contributed by atoms with E-state index >= 15 is 0 Å². The first-order chi connectivity index (χ1) is 8.40. The van der Waals surface area contributed by atoms with Gasteiger partial charge < -0.3 is 15.8 Å². The van der Waals surface area contributed by atoms with Crippen molar-refractivity contribution in [2.24, 2.45) is 28.1 Å². The minimum Gasteiger partial charge on any atom is -0.409 e. The number of amidine groups is 1. The van der Waals surface area contributed by atoms with Crippen molar-refractivity contribution in [2.45, 2.75) is 46.1 Å². The first kappa shape index (κ1) is 13.2. The molecule has 0 radical (unpaired) electrons. The third-order valence-electron chi connectivity index (χ3n) is 4.45. The molecule has 0 aromatic carbocycles. The molecule has 1 heterocycles. The smallest absolute Gasteiger partial charge is 0.236 e. The Balaban J connectivity index is 2.20. The molecule has 0 aromatic rings. The van der Waals surface area contributed by atoms with Gasteiger partial charge in [-0.2, -0.15) is 0 Å².